The maximum Gasteiger partial charge on any atom is 0.139 e. The van der Waals surface area contributed by atoms with Gasteiger partial charge in [-0.3, -0.25) is 0 Å². The van der Waals surface area contributed by atoms with Crippen molar-refractivity contribution < 1.29 is 9.28 Å². The Labute approximate surface area is 53.6 Å². The van der Waals surface area contributed by atoms with Gasteiger partial charge in [0.1, 0.15) is 6.29 Å². The monoisotopic (exact) mass is 131 g/mol. The highest BCUT2D eigenvalue weighted by Gasteiger charge is 2.20. The zero-order chi connectivity index (χ0) is 6.69. The predicted octanol–water partition coefficient (Wildman–Crippen LogP) is 0.924. The molecule has 0 radical (unpaired) electrons. The lowest BCUT2D eigenvalue weighted by atomic mass is 10.1. The van der Waals surface area contributed by atoms with E-state index in [1.54, 1.807) is 0 Å². The van der Waals surface area contributed by atoms with Crippen molar-refractivity contribution in [2.24, 2.45) is 0 Å². The molecule has 52 valence electrons. The Morgan fingerprint density at radius 3 is 2.78 bits per heavy atom. The van der Waals surface area contributed by atoms with Gasteiger partial charge in [0, 0.05) is 6.54 Å². The zero-order valence-corrected chi connectivity index (χ0v) is 5.22. The molecule has 3 heteroatoms. The van der Waals surface area contributed by atoms with Crippen LogP contribution in [0.1, 0.15) is 19.3 Å². The molecule has 1 atom stereocenters. The van der Waals surface area contributed by atoms with Crippen molar-refractivity contribution in [3.8, 4) is 0 Å². The molecule has 0 aromatic heterocycles. The van der Waals surface area contributed by atoms with Gasteiger partial charge in [0.25, 0.3) is 0 Å². The molecule has 1 fully saturated rings. The lowest BCUT2D eigenvalue weighted by Crippen LogP contribution is -2.33. The van der Waals surface area contributed by atoms with E-state index in [0.29, 0.717) is 24.4 Å². The second-order valence-corrected chi connectivity index (χ2v) is 2.32. The zero-order valence-electron chi connectivity index (χ0n) is 5.22. The van der Waals surface area contributed by atoms with Gasteiger partial charge < -0.3 is 4.79 Å². The van der Waals surface area contributed by atoms with Crippen LogP contribution in [0, 0.1) is 0 Å². The SMILES string of the molecule is O=CC1CCCCN1F. The summed E-state index contributed by atoms with van der Waals surface area (Å²) in [6, 6.07) is -0.459. The maximum atomic E-state index is 12.5. The highest BCUT2D eigenvalue weighted by atomic mass is 19.2. The number of aldehydes is 1. The fourth-order valence-corrected chi connectivity index (χ4v) is 1.06. The standard InChI is InChI=1S/C6H10FNO/c7-8-4-2-1-3-6(8)5-9/h5-6H,1-4H2. The Bertz CT molecular complexity index is 107. The van der Waals surface area contributed by atoms with Crippen LogP contribution in [0.5, 0.6) is 0 Å². The Morgan fingerprint density at radius 1 is 1.56 bits per heavy atom. The summed E-state index contributed by atoms with van der Waals surface area (Å²) in [5.74, 6) is 0. The molecule has 9 heavy (non-hydrogen) atoms. The molecular formula is C6H10FNO. The van der Waals surface area contributed by atoms with Crippen molar-refractivity contribution >= 4 is 6.29 Å². The fraction of sp³-hybridized carbons (Fsp3) is 0.833. The molecular weight excluding hydrogens is 121 g/mol. The number of rotatable bonds is 1. The van der Waals surface area contributed by atoms with Crippen LogP contribution in [0.3, 0.4) is 0 Å². The Kier molecular flexibility index (Phi) is 2.16. The van der Waals surface area contributed by atoms with E-state index in [0.717, 1.165) is 12.8 Å². The van der Waals surface area contributed by atoms with Crippen LogP contribution < -0.4 is 0 Å². The fourth-order valence-electron chi connectivity index (χ4n) is 1.06. The molecule has 0 N–H and O–H groups in total. The van der Waals surface area contributed by atoms with Crippen molar-refractivity contribution in [2.45, 2.75) is 25.3 Å². The second kappa shape index (κ2) is 2.92. The molecule has 1 saturated heterocycles. The second-order valence-electron chi connectivity index (χ2n) is 2.32. The Morgan fingerprint density at radius 2 is 2.33 bits per heavy atom. The number of halogens is 1. The van der Waals surface area contributed by atoms with E-state index in [1.165, 1.54) is 0 Å². The number of hydrogen-bond acceptors (Lipinski definition) is 2. The third-order valence-corrected chi connectivity index (χ3v) is 1.64. The number of carbonyl (C=O) groups excluding carboxylic acids is 1. The molecule has 0 bridgehead atoms. The van der Waals surface area contributed by atoms with Gasteiger partial charge >= 0.3 is 0 Å². The molecule has 1 heterocycles. The Hall–Kier alpha value is -0.440. The molecule has 0 saturated carbocycles. The molecule has 2 nitrogen and oxygen atoms in total. The largest absolute Gasteiger partial charge is 0.302 e. The summed E-state index contributed by atoms with van der Waals surface area (Å²) in [5, 5.41) is 0.622. The third-order valence-electron chi connectivity index (χ3n) is 1.64. The summed E-state index contributed by atoms with van der Waals surface area (Å²) >= 11 is 0. The van der Waals surface area contributed by atoms with E-state index < -0.39 is 6.04 Å². The van der Waals surface area contributed by atoms with Crippen LogP contribution in [0.4, 0.5) is 4.48 Å². The van der Waals surface area contributed by atoms with Gasteiger partial charge in [-0.2, -0.15) is 0 Å². The van der Waals surface area contributed by atoms with E-state index in [1.807, 2.05) is 0 Å². The van der Waals surface area contributed by atoms with Gasteiger partial charge in [0.15, 0.2) is 0 Å². The molecule has 1 aliphatic heterocycles. The normalized spacial score (nSPS) is 30.1. The van der Waals surface area contributed by atoms with E-state index in [-0.39, 0.29) is 0 Å². The first-order valence-electron chi connectivity index (χ1n) is 3.22. The number of piperidine rings is 1. The average Bonchev–Trinajstić information content (AvgIpc) is 1.89. The smallest absolute Gasteiger partial charge is 0.139 e. The highest BCUT2D eigenvalue weighted by Crippen LogP contribution is 2.14. The first-order valence-corrected chi connectivity index (χ1v) is 3.22. The van der Waals surface area contributed by atoms with Crippen molar-refractivity contribution in [2.75, 3.05) is 6.54 Å². The first-order chi connectivity index (χ1) is 4.34. The summed E-state index contributed by atoms with van der Waals surface area (Å²) < 4.78 is 12.5. The van der Waals surface area contributed by atoms with Gasteiger partial charge in [-0.1, -0.05) is 0 Å². The minimum absolute atomic E-state index is 0.420. The van der Waals surface area contributed by atoms with Crippen molar-refractivity contribution in [3.05, 3.63) is 0 Å². The number of hydrogen-bond donors (Lipinski definition) is 0. The van der Waals surface area contributed by atoms with E-state index in [4.69, 9.17) is 0 Å². The number of nitrogens with zero attached hydrogens (tertiary/aromatic N) is 1. The van der Waals surface area contributed by atoms with Gasteiger partial charge in [-0.05, 0) is 19.3 Å². The minimum atomic E-state index is -0.459. The van der Waals surface area contributed by atoms with E-state index in [9.17, 15) is 9.28 Å². The topological polar surface area (TPSA) is 20.3 Å². The predicted molar refractivity (Wildman–Crippen MR) is 31.5 cm³/mol. The van der Waals surface area contributed by atoms with Gasteiger partial charge in [0.05, 0.1) is 6.04 Å². The molecule has 1 rings (SSSR count). The van der Waals surface area contributed by atoms with Gasteiger partial charge in [-0.25, -0.2) is 0 Å². The van der Waals surface area contributed by atoms with Crippen molar-refractivity contribution in [3.63, 3.8) is 0 Å². The highest BCUT2D eigenvalue weighted by molar-refractivity contribution is 5.57. The lowest BCUT2D eigenvalue weighted by Gasteiger charge is -2.22. The third kappa shape index (κ3) is 1.48. The number of carbonyl (C=O) groups is 1. The van der Waals surface area contributed by atoms with E-state index >= 15 is 0 Å². The summed E-state index contributed by atoms with van der Waals surface area (Å²) in [6.45, 7) is 0.420. The van der Waals surface area contributed by atoms with Crippen LogP contribution >= 0.6 is 0 Å². The average molecular weight is 131 g/mol. The molecule has 0 amide bonds. The van der Waals surface area contributed by atoms with Crippen LogP contribution in [-0.4, -0.2) is 24.0 Å². The van der Waals surface area contributed by atoms with Crippen LogP contribution in [0.15, 0.2) is 0 Å². The molecule has 0 spiro atoms. The van der Waals surface area contributed by atoms with Gasteiger partial charge in [0.2, 0.25) is 0 Å². The van der Waals surface area contributed by atoms with Crippen molar-refractivity contribution in [1.82, 2.24) is 5.12 Å². The van der Waals surface area contributed by atoms with Crippen LogP contribution in [0.25, 0.3) is 0 Å². The summed E-state index contributed by atoms with van der Waals surface area (Å²) in [7, 11) is 0. The molecule has 1 unspecified atom stereocenters. The minimum Gasteiger partial charge on any atom is -0.302 e. The molecule has 0 aromatic carbocycles. The molecule has 0 aromatic rings. The first kappa shape index (κ1) is 6.68. The van der Waals surface area contributed by atoms with Crippen molar-refractivity contribution in [1.29, 1.82) is 0 Å². The summed E-state index contributed by atoms with van der Waals surface area (Å²) in [4.78, 5) is 10.1. The quantitative estimate of drug-likeness (QED) is 0.389. The molecule has 0 aliphatic carbocycles. The van der Waals surface area contributed by atoms with Gasteiger partial charge in [-0.15, -0.1) is 9.60 Å². The van der Waals surface area contributed by atoms with Crippen LogP contribution in [0.2, 0.25) is 0 Å². The maximum absolute atomic E-state index is 12.5. The molecule has 1 aliphatic rings. The van der Waals surface area contributed by atoms with Crippen LogP contribution in [-0.2, 0) is 4.79 Å². The lowest BCUT2D eigenvalue weighted by molar-refractivity contribution is -0.122. The summed E-state index contributed by atoms with van der Waals surface area (Å²) in [5.41, 5.74) is 0. The Balaban J connectivity index is 2.38. The summed E-state index contributed by atoms with van der Waals surface area (Å²) in [6.07, 6.45) is 3.21. The van der Waals surface area contributed by atoms with E-state index in [2.05, 4.69) is 0 Å².